The van der Waals surface area contributed by atoms with Crippen LogP contribution in [0.2, 0.25) is 0 Å². The summed E-state index contributed by atoms with van der Waals surface area (Å²) in [4.78, 5) is 25.4. The van der Waals surface area contributed by atoms with Crippen LogP contribution in [0.5, 0.6) is 0 Å². The van der Waals surface area contributed by atoms with Crippen molar-refractivity contribution in [2.45, 2.75) is 12.8 Å². The molecule has 1 unspecified atom stereocenters. The highest BCUT2D eigenvalue weighted by molar-refractivity contribution is 5.93. The first-order chi connectivity index (χ1) is 12.6. The lowest BCUT2D eigenvalue weighted by molar-refractivity contribution is 0.0416. The molecule has 2 saturated heterocycles. The highest BCUT2D eigenvalue weighted by Crippen LogP contribution is 2.45. The van der Waals surface area contributed by atoms with Crippen molar-refractivity contribution in [1.29, 1.82) is 0 Å². The first-order valence-electron chi connectivity index (χ1n) is 9.02. The molecule has 2 aliphatic rings. The van der Waals surface area contributed by atoms with Crippen molar-refractivity contribution in [3.63, 3.8) is 0 Å². The maximum atomic E-state index is 12.6. The standard InChI is InChI=1S/C18H24N6O2/c1-22-10-14(9-21-22)16(26)23-7-3-18(4-8-23)13-24(11-15(18)12-25)17-19-5-2-6-20-17/h2,5-6,9-10,15,25H,3-4,7-8,11-13H2,1H3. The van der Waals surface area contributed by atoms with Gasteiger partial charge in [-0.25, -0.2) is 9.97 Å². The van der Waals surface area contributed by atoms with E-state index in [1.165, 1.54) is 0 Å². The van der Waals surface area contributed by atoms with E-state index in [0.29, 0.717) is 18.7 Å². The quantitative estimate of drug-likeness (QED) is 0.865. The van der Waals surface area contributed by atoms with Crippen LogP contribution >= 0.6 is 0 Å². The van der Waals surface area contributed by atoms with Gasteiger partial charge < -0.3 is 14.9 Å². The maximum Gasteiger partial charge on any atom is 0.257 e. The molecule has 1 atom stereocenters. The zero-order chi connectivity index (χ0) is 18.1. The smallest absolute Gasteiger partial charge is 0.257 e. The molecule has 1 N–H and O–H groups in total. The monoisotopic (exact) mass is 356 g/mol. The average molecular weight is 356 g/mol. The number of carbonyl (C=O) groups is 1. The number of amides is 1. The highest BCUT2D eigenvalue weighted by Gasteiger charge is 2.48. The van der Waals surface area contributed by atoms with Gasteiger partial charge in [0.15, 0.2) is 0 Å². The molecule has 8 nitrogen and oxygen atoms in total. The van der Waals surface area contributed by atoms with Crippen LogP contribution < -0.4 is 4.90 Å². The van der Waals surface area contributed by atoms with Crippen molar-refractivity contribution in [3.8, 4) is 0 Å². The Bertz CT molecular complexity index is 769. The number of anilines is 1. The van der Waals surface area contributed by atoms with E-state index in [4.69, 9.17) is 0 Å². The molecular weight excluding hydrogens is 332 g/mol. The summed E-state index contributed by atoms with van der Waals surface area (Å²) in [5, 5.41) is 14.0. The Morgan fingerprint density at radius 2 is 2.04 bits per heavy atom. The second-order valence-electron chi connectivity index (χ2n) is 7.37. The third-order valence-electron chi connectivity index (χ3n) is 5.87. The van der Waals surface area contributed by atoms with Gasteiger partial charge in [0, 0.05) is 64.3 Å². The second-order valence-corrected chi connectivity index (χ2v) is 7.37. The van der Waals surface area contributed by atoms with E-state index in [1.807, 2.05) is 11.9 Å². The van der Waals surface area contributed by atoms with E-state index in [-0.39, 0.29) is 23.8 Å². The molecule has 8 heteroatoms. The number of likely N-dealkylation sites (tertiary alicyclic amines) is 1. The number of nitrogens with zero attached hydrogens (tertiary/aromatic N) is 6. The Morgan fingerprint density at radius 1 is 1.31 bits per heavy atom. The van der Waals surface area contributed by atoms with E-state index < -0.39 is 0 Å². The summed E-state index contributed by atoms with van der Waals surface area (Å²) >= 11 is 0. The Labute approximate surface area is 152 Å². The van der Waals surface area contributed by atoms with E-state index in [2.05, 4.69) is 20.0 Å². The van der Waals surface area contributed by atoms with E-state index in [1.54, 1.807) is 35.5 Å². The lowest BCUT2D eigenvalue weighted by atomic mass is 9.71. The van der Waals surface area contributed by atoms with E-state index in [0.717, 1.165) is 31.9 Å². The third-order valence-corrected chi connectivity index (χ3v) is 5.87. The summed E-state index contributed by atoms with van der Waals surface area (Å²) < 4.78 is 1.65. The van der Waals surface area contributed by atoms with Gasteiger partial charge in [-0.3, -0.25) is 9.48 Å². The van der Waals surface area contributed by atoms with Gasteiger partial charge in [0.05, 0.1) is 11.8 Å². The fraction of sp³-hybridized carbons (Fsp3) is 0.556. The summed E-state index contributed by atoms with van der Waals surface area (Å²) in [7, 11) is 1.81. The molecule has 138 valence electrons. The molecule has 4 rings (SSSR count). The number of aryl methyl sites for hydroxylation is 1. The maximum absolute atomic E-state index is 12.6. The topological polar surface area (TPSA) is 87.4 Å². The number of aliphatic hydroxyl groups is 1. The number of hydrogen-bond acceptors (Lipinski definition) is 6. The van der Waals surface area contributed by atoms with Crippen LogP contribution in [-0.4, -0.2) is 68.4 Å². The molecule has 2 aromatic heterocycles. The number of aromatic nitrogens is 4. The molecule has 4 heterocycles. The van der Waals surface area contributed by atoms with Crippen molar-refractivity contribution < 1.29 is 9.90 Å². The number of piperidine rings is 1. The minimum absolute atomic E-state index is 0.0136. The number of rotatable bonds is 3. The molecule has 2 aromatic rings. The first kappa shape index (κ1) is 17.0. The zero-order valence-corrected chi connectivity index (χ0v) is 15.0. The van der Waals surface area contributed by atoms with Crippen LogP contribution in [0.15, 0.2) is 30.9 Å². The lowest BCUT2D eigenvalue weighted by Gasteiger charge is -2.42. The zero-order valence-electron chi connectivity index (χ0n) is 15.0. The van der Waals surface area contributed by atoms with Gasteiger partial charge in [-0.05, 0) is 24.3 Å². The Balaban J connectivity index is 1.46. The van der Waals surface area contributed by atoms with Gasteiger partial charge in [0.25, 0.3) is 5.91 Å². The lowest BCUT2D eigenvalue weighted by Crippen LogP contribution is -2.47. The van der Waals surface area contributed by atoms with Crippen LogP contribution in [-0.2, 0) is 7.05 Å². The summed E-state index contributed by atoms with van der Waals surface area (Å²) in [5.41, 5.74) is 0.646. The SMILES string of the molecule is Cn1cc(C(=O)N2CCC3(CC2)CN(c2ncccn2)CC3CO)cn1. The molecule has 1 amide bonds. The van der Waals surface area contributed by atoms with E-state index in [9.17, 15) is 9.90 Å². The summed E-state index contributed by atoms with van der Waals surface area (Å²) in [6.45, 7) is 3.15. The van der Waals surface area contributed by atoms with Gasteiger partial charge in [-0.1, -0.05) is 0 Å². The largest absolute Gasteiger partial charge is 0.396 e. The summed E-state index contributed by atoms with van der Waals surface area (Å²) in [6.07, 6.45) is 8.63. The van der Waals surface area contributed by atoms with Crippen molar-refractivity contribution in [1.82, 2.24) is 24.6 Å². The molecule has 1 spiro atoms. The number of hydrogen-bond donors (Lipinski definition) is 1. The molecule has 26 heavy (non-hydrogen) atoms. The summed E-state index contributed by atoms with van der Waals surface area (Å²) in [5.74, 6) is 0.938. The van der Waals surface area contributed by atoms with Crippen LogP contribution in [0.3, 0.4) is 0 Å². The third kappa shape index (κ3) is 2.94. The highest BCUT2D eigenvalue weighted by atomic mass is 16.3. The first-order valence-corrected chi connectivity index (χ1v) is 9.02. The molecule has 2 aliphatic heterocycles. The second kappa shape index (κ2) is 6.68. The van der Waals surface area contributed by atoms with Crippen LogP contribution in [0.4, 0.5) is 5.95 Å². The van der Waals surface area contributed by atoms with Gasteiger partial charge in [0.2, 0.25) is 5.95 Å². The van der Waals surface area contributed by atoms with Gasteiger partial charge in [-0.2, -0.15) is 5.10 Å². The van der Waals surface area contributed by atoms with E-state index >= 15 is 0 Å². The summed E-state index contributed by atoms with van der Waals surface area (Å²) in [6, 6.07) is 1.81. The fourth-order valence-electron chi connectivity index (χ4n) is 4.33. The average Bonchev–Trinajstić information content (AvgIpc) is 3.26. The molecule has 0 radical (unpaired) electrons. The number of carbonyl (C=O) groups excluding carboxylic acids is 1. The van der Waals surface area contributed by atoms with Crippen molar-refractivity contribution in [2.75, 3.05) is 37.7 Å². The Kier molecular flexibility index (Phi) is 4.36. The fourth-order valence-corrected chi connectivity index (χ4v) is 4.33. The van der Waals surface area contributed by atoms with Gasteiger partial charge in [-0.15, -0.1) is 0 Å². The predicted molar refractivity (Wildman–Crippen MR) is 95.6 cm³/mol. The van der Waals surface area contributed by atoms with Crippen molar-refractivity contribution >= 4 is 11.9 Å². The van der Waals surface area contributed by atoms with Gasteiger partial charge >= 0.3 is 0 Å². The normalized spacial score (nSPS) is 22.2. The van der Waals surface area contributed by atoms with Crippen molar-refractivity contribution in [3.05, 3.63) is 36.4 Å². The Morgan fingerprint density at radius 3 is 2.65 bits per heavy atom. The molecular formula is C18H24N6O2. The minimum atomic E-state index is 0.0136. The molecule has 2 fully saturated rings. The number of aliphatic hydroxyl groups excluding tert-OH is 1. The molecule has 0 aliphatic carbocycles. The Hall–Kier alpha value is -2.48. The van der Waals surface area contributed by atoms with Crippen molar-refractivity contribution in [2.24, 2.45) is 18.4 Å². The van der Waals surface area contributed by atoms with Crippen LogP contribution in [0.1, 0.15) is 23.2 Å². The predicted octanol–water partition coefficient (Wildman–Crippen LogP) is 0.561. The van der Waals surface area contributed by atoms with Gasteiger partial charge in [0.1, 0.15) is 0 Å². The molecule has 0 saturated carbocycles. The molecule has 0 bridgehead atoms. The van der Waals surface area contributed by atoms with Crippen LogP contribution in [0.25, 0.3) is 0 Å². The molecule has 0 aromatic carbocycles. The van der Waals surface area contributed by atoms with Crippen LogP contribution in [0, 0.1) is 11.3 Å². The minimum Gasteiger partial charge on any atom is -0.396 e.